The molecule has 0 N–H and O–H groups in total. The summed E-state index contributed by atoms with van der Waals surface area (Å²) in [5.74, 6) is -0.0445. The smallest absolute Gasteiger partial charge is 0.242 e. The van der Waals surface area contributed by atoms with E-state index in [4.69, 9.17) is 0 Å². The Labute approximate surface area is 188 Å². The van der Waals surface area contributed by atoms with Crippen molar-refractivity contribution in [3.05, 3.63) is 126 Å². The first-order valence-corrected chi connectivity index (χ1v) is 12.6. The number of para-hydroxylation sites is 1. The Morgan fingerprint density at radius 3 is 1.72 bits per heavy atom. The highest BCUT2D eigenvalue weighted by molar-refractivity contribution is 7.78. The van der Waals surface area contributed by atoms with Crippen molar-refractivity contribution in [2.75, 3.05) is 18.1 Å². The Hall–Kier alpha value is -3.42. The van der Waals surface area contributed by atoms with Crippen molar-refractivity contribution >= 4 is 29.3 Å². The lowest BCUT2D eigenvalue weighted by Crippen LogP contribution is -2.44. The van der Waals surface area contributed by atoms with Crippen LogP contribution in [0.1, 0.15) is 11.1 Å². The van der Waals surface area contributed by atoms with Gasteiger partial charge in [0, 0.05) is 29.5 Å². The summed E-state index contributed by atoms with van der Waals surface area (Å²) in [6, 6.07) is 36.8. The number of benzene rings is 4. The van der Waals surface area contributed by atoms with Crippen LogP contribution in [0.4, 0.5) is 5.69 Å². The van der Waals surface area contributed by atoms with E-state index in [2.05, 4.69) is 0 Å². The molecule has 0 saturated carbocycles. The molecule has 1 aliphatic heterocycles. The molecule has 1 atom stereocenters. The van der Waals surface area contributed by atoms with Crippen LogP contribution in [0.3, 0.4) is 0 Å². The molecule has 0 fully saturated rings. The van der Waals surface area contributed by atoms with Crippen molar-refractivity contribution in [3.63, 3.8) is 0 Å². The van der Waals surface area contributed by atoms with E-state index >= 15 is 4.57 Å². The van der Waals surface area contributed by atoms with Gasteiger partial charge in [0.1, 0.15) is 12.6 Å². The number of rotatable bonds is 5. The van der Waals surface area contributed by atoms with E-state index in [0.29, 0.717) is 0 Å². The predicted molar refractivity (Wildman–Crippen MR) is 132 cm³/mol. The van der Waals surface area contributed by atoms with Gasteiger partial charge in [0.25, 0.3) is 0 Å². The molecule has 0 bridgehead atoms. The molecule has 0 aromatic heterocycles. The molecule has 0 aliphatic carbocycles. The minimum Gasteiger partial charge on any atom is -0.314 e. The quantitative estimate of drug-likeness (QED) is 0.414. The third kappa shape index (κ3) is 3.04. The van der Waals surface area contributed by atoms with Crippen molar-refractivity contribution in [2.45, 2.75) is 5.41 Å². The van der Waals surface area contributed by atoms with Crippen LogP contribution < -0.4 is 15.5 Å². The van der Waals surface area contributed by atoms with E-state index < -0.39 is 12.6 Å². The van der Waals surface area contributed by atoms with Gasteiger partial charge in [-0.05, 0) is 17.2 Å². The fraction of sp³-hybridized carbons (Fsp3) is 0.107. The first-order valence-electron chi connectivity index (χ1n) is 10.7. The van der Waals surface area contributed by atoms with Crippen molar-refractivity contribution in [1.82, 2.24) is 0 Å². The van der Waals surface area contributed by atoms with Gasteiger partial charge in [-0.3, -0.25) is 4.79 Å². The van der Waals surface area contributed by atoms with Gasteiger partial charge >= 0.3 is 0 Å². The van der Waals surface area contributed by atoms with E-state index in [1.807, 2.05) is 122 Å². The Balaban J connectivity index is 1.81. The lowest BCUT2D eigenvalue weighted by atomic mass is 9.77. The van der Waals surface area contributed by atoms with Gasteiger partial charge in [-0.2, -0.15) is 0 Å². The van der Waals surface area contributed by atoms with Gasteiger partial charge in [-0.1, -0.05) is 109 Å². The Morgan fingerprint density at radius 2 is 1.16 bits per heavy atom. The van der Waals surface area contributed by atoms with E-state index in [1.165, 1.54) is 0 Å². The van der Waals surface area contributed by atoms with Crippen LogP contribution in [-0.4, -0.2) is 19.1 Å². The maximum atomic E-state index is 15.0. The third-order valence-electron chi connectivity index (χ3n) is 6.47. The molecule has 0 radical (unpaired) electrons. The maximum absolute atomic E-state index is 15.0. The molecule has 4 aromatic rings. The second kappa shape index (κ2) is 7.93. The van der Waals surface area contributed by atoms with Crippen LogP contribution >= 0.6 is 7.14 Å². The van der Waals surface area contributed by atoms with Crippen LogP contribution in [0.15, 0.2) is 115 Å². The normalized spacial score (nSPS) is 17.9. The highest BCUT2D eigenvalue weighted by Crippen LogP contribution is 2.56. The number of fused-ring (bicyclic) bond motifs is 1. The predicted octanol–water partition coefficient (Wildman–Crippen LogP) is 4.96. The van der Waals surface area contributed by atoms with Crippen LogP contribution in [0, 0.1) is 0 Å². The zero-order chi connectivity index (χ0) is 22.2. The molecule has 1 unspecified atom stereocenters. The summed E-state index contributed by atoms with van der Waals surface area (Å²) >= 11 is 0. The number of nitrogens with zero attached hydrogens (tertiary/aromatic N) is 1. The molecular formula is C28H24NO2P. The number of amides is 1. The molecule has 4 heteroatoms. The summed E-state index contributed by atoms with van der Waals surface area (Å²) in [7, 11) is -1.36. The minimum absolute atomic E-state index is 0.0445. The van der Waals surface area contributed by atoms with Crippen molar-refractivity contribution < 1.29 is 9.36 Å². The van der Waals surface area contributed by atoms with Crippen molar-refractivity contribution in [1.29, 1.82) is 0 Å². The first-order chi connectivity index (χ1) is 15.6. The van der Waals surface area contributed by atoms with E-state index in [9.17, 15) is 4.79 Å². The number of carbonyl (C=O) groups excluding carboxylic acids is 1. The van der Waals surface area contributed by atoms with Crippen molar-refractivity contribution in [2.24, 2.45) is 0 Å². The Bertz CT molecular complexity index is 1260. The number of hydrogen-bond acceptors (Lipinski definition) is 2. The highest BCUT2D eigenvalue weighted by Gasteiger charge is 2.54. The van der Waals surface area contributed by atoms with Crippen LogP contribution in [0.2, 0.25) is 0 Å². The van der Waals surface area contributed by atoms with Crippen molar-refractivity contribution in [3.8, 4) is 0 Å². The van der Waals surface area contributed by atoms with Gasteiger partial charge in [0.05, 0.1) is 0 Å². The summed E-state index contributed by atoms with van der Waals surface area (Å²) in [6.45, 7) is 0. The van der Waals surface area contributed by atoms with Crippen LogP contribution in [0.5, 0.6) is 0 Å². The second-order valence-corrected chi connectivity index (χ2v) is 11.1. The SMILES string of the molecule is CN1C(=O)C(CP(=O)(c2ccccc2)c2ccccc2)(c2ccccc2)c2ccccc21. The zero-order valence-corrected chi connectivity index (χ0v) is 18.8. The molecule has 158 valence electrons. The lowest BCUT2D eigenvalue weighted by molar-refractivity contribution is -0.121. The number of likely N-dealkylation sites (N-methyl/N-ethyl adjacent to an activating group) is 1. The molecule has 1 aliphatic rings. The molecule has 0 spiro atoms. The monoisotopic (exact) mass is 437 g/mol. The molecule has 0 saturated heterocycles. The summed E-state index contributed by atoms with van der Waals surface area (Å²) in [4.78, 5) is 15.7. The van der Waals surface area contributed by atoms with E-state index in [-0.39, 0.29) is 12.1 Å². The minimum atomic E-state index is -3.17. The van der Waals surface area contributed by atoms with Crippen LogP contribution in [0.25, 0.3) is 0 Å². The summed E-state index contributed by atoms with van der Waals surface area (Å²) < 4.78 is 15.0. The standard InChI is InChI=1S/C28H24NO2P/c1-29-26-20-12-11-19-25(26)28(27(29)30,22-13-5-2-6-14-22)21-32(31,23-15-7-3-8-16-23)24-17-9-4-10-18-24/h2-20H,21H2,1H3. The fourth-order valence-electron chi connectivity index (χ4n) is 4.89. The van der Waals surface area contributed by atoms with E-state index in [1.54, 1.807) is 4.90 Å². The average Bonchev–Trinajstić information content (AvgIpc) is 3.08. The van der Waals surface area contributed by atoms with Crippen LogP contribution in [-0.2, 0) is 14.8 Å². The van der Waals surface area contributed by atoms with Gasteiger partial charge < -0.3 is 9.46 Å². The molecule has 4 aromatic carbocycles. The summed E-state index contributed by atoms with van der Waals surface area (Å²) in [5, 5.41) is 1.53. The number of carbonyl (C=O) groups is 1. The molecule has 32 heavy (non-hydrogen) atoms. The third-order valence-corrected chi connectivity index (χ3v) is 9.65. The van der Waals surface area contributed by atoms with Gasteiger partial charge in [0.15, 0.2) is 0 Å². The average molecular weight is 437 g/mol. The topological polar surface area (TPSA) is 37.4 Å². The highest BCUT2D eigenvalue weighted by atomic mass is 31.2. The molecule has 3 nitrogen and oxygen atoms in total. The first kappa shape index (κ1) is 20.5. The molecule has 5 rings (SSSR count). The van der Waals surface area contributed by atoms with Gasteiger partial charge in [0.2, 0.25) is 5.91 Å². The summed E-state index contributed by atoms with van der Waals surface area (Å²) in [5.41, 5.74) is 1.61. The fourth-order valence-corrected chi connectivity index (χ4v) is 8.01. The number of anilines is 1. The lowest BCUT2D eigenvalue weighted by Gasteiger charge is -2.33. The molecular weight excluding hydrogens is 413 g/mol. The largest absolute Gasteiger partial charge is 0.314 e. The molecule has 1 amide bonds. The Kier molecular flexibility index (Phi) is 5.07. The Morgan fingerprint density at radius 1 is 0.688 bits per heavy atom. The number of hydrogen-bond donors (Lipinski definition) is 0. The van der Waals surface area contributed by atoms with Gasteiger partial charge in [-0.25, -0.2) is 0 Å². The van der Waals surface area contributed by atoms with Gasteiger partial charge in [-0.15, -0.1) is 0 Å². The maximum Gasteiger partial charge on any atom is 0.242 e. The summed E-state index contributed by atoms with van der Waals surface area (Å²) in [6.07, 6.45) is 0.193. The zero-order valence-electron chi connectivity index (χ0n) is 17.9. The second-order valence-electron chi connectivity index (χ2n) is 8.22. The molecule has 1 heterocycles. The van der Waals surface area contributed by atoms with E-state index in [0.717, 1.165) is 27.4 Å².